The van der Waals surface area contributed by atoms with E-state index in [1.807, 2.05) is 0 Å². The van der Waals surface area contributed by atoms with Gasteiger partial charge in [0.15, 0.2) is 6.23 Å². The van der Waals surface area contributed by atoms with E-state index in [9.17, 15) is 14.7 Å². The van der Waals surface area contributed by atoms with Crippen LogP contribution in [-0.2, 0) is 9.53 Å². The highest BCUT2D eigenvalue weighted by Crippen LogP contribution is 2.24. The third-order valence-corrected chi connectivity index (χ3v) is 3.41. The summed E-state index contributed by atoms with van der Waals surface area (Å²) in [6.45, 7) is 1.90. The first kappa shape index (κ1) is 20.3. The SMILES string of the molecule is CC(=O)OC(CCCCCCN)NC(=O)c1ccc(N=[N+]=[N-])cc1O. The minimum absolute atomic E-state index is 0.00262. The van der Waals surface area contributed by atoms with Crippen molar-refractivity contribution in [3.63, 3.8) is 0 Å². The van der Waals surface area contributed by atoms with Gasteiger partial charge in [-0.15, -0.1) is 0 Å². The number of hydrogen-bond acceptors (Lipinski definition) is 6. The van der Waals surface area contributed by atoms with Crippen molar-refractivity contribution in [2.24, 2.45) is 10.8 Å². The molecule has 25 heavy (non-hydrogen) atoms. The highest BCUT2D eigenvalue weighted by atomic mass is 16.6. The molecule has 0 aromatic heterocycles. The number of rotatable bonds is 10. The first-order valence-electron chi connectivity index (χ1n) is 8.04. The fourth-order valence-corrected chi connectivity index (χ4v) is 2.24. The lowest BCUT2D eigenvalue weighted by atomic mass is 10.1. The highest BCUT2D eigenvalue weighted by Gasteiger charge is 2.18. The fraction of sp³-hybridized carbons (Fsp3) is 0.500. The molecule has 9 nitrogen and oxygen atoms in total. The average molecular weight is 349 g/mol. The smallest absolute Gasteiger partial charge is 0.304 e. The van der Waals surface area contributed by atoms with Crippen LogP contribution in [0.4, 0.5) is 5.69 Å². The van der Waals surface area contributed by atoms with Crippen LogP contribution in [0.3, 0.4) is 0 Å². The zero-order valence-corrected chi connectivity index (χ0v) is 14.1. The monoisotopic (exact) mass is 349 g/mol. The molecule has 0 spiro atoms. The zero-order valence-electron chi connectivity index (χ0n) is 14.1. The van der Waals surface area contributed by atoms with Crippen molar-refractivity contribution in [3.8, 4) is 5.75 Å². The maximum atomic E-state index is 12.3. The van der Waals surface area contributed by atoms with E-state index in [0.29, 0.717) is 13.0 Å². The summed E-state index contributed by atoms with van der Waals surface area (Å²) in [5.41, 5.74) is 14.0. The van der Waals surface area contributed by atoms with Gasteiger partial charge in [-0.05, 0) is 37.1 Å². The van der Waals surface area contributed by atoms with Crippen molar-refractivity contribution in [3.05, 3.63) is 34.2 Å². The number of carbonyl (C=O) groups excluding carboxylic acids is 2. The third kappa shape index (κ3) is 7.56. The Morgan fingerprint density at radius 2 is 2.08 bits per heavy atom. The number of carbonyl (C=O) groups is 2. The van der Waals surface area contributed by atoms with Gasteiger partial charge in [-0.3, -0.25) is 9.59 Å². The summed E-state index contributed by atoms with van der Waals surface area (Å²) in [6.07, 6.45) is 3.26. The Kier molecular flexibility index (Phi) is 8.84. The predicted octanol–water partition coefficient (Wildman–Crippen LogP) is 2.86. The van der Waals surface area contributed by atoms with Gasteiger partial charge >= 0.3 is 5.97 Å². The van der Waals surface area contributed by atoms with Gasteiger partial charge in [0.05, 0.1) is 5.56 Å². The van der Waals surface area contributed by atoms with Crippen molar-refractivity contribution in [2.75, 3.05) is 6.54 Å². The second-order valence-corrected chi connectivity index (χ2v) is 5.45. The largest absolute Gasteiger partial charge is 0.507 e. The van der Waals surface area contributed by atoms with Crippen LogP contribution < -0.4 is 11.1 Å². The first-order valence-corrected chi connectivity index (χ1v) is 8.04. The van der Waals surface area contributed by atoms with Crippen molar-refractivity contribution in [2.45, 2.75) is 45.3 Å². The molecule has 0 aliphatic heterocycles. The normalized spacial score (nSPS) is 11.3. The van der Waals surface area contributed by atoms with Gasteiger partial charge in [0.25, 0.3) is 5.91 Å². The quantitative estimate of drug-likeness (QED) is 0.148. The second kappa shape index (κ2) is 10.9. The summed E-state index contributed by atoms with van der Waals surface area (Å²) >= 11 is 0. The van der Waals surface area contributed by atoms with Crippen molar-refractivity contribution in [1.29, 1.82) is 0 Å². The Bertz CT molecular complexity index is 643. The number of phenolic OH excluding ortho intramolecular Hbond substituents is 1. The average Bonchev–Trinajstić information content (AvgIpc) is 2.54. The number of nitrogens with zero attached hydrogens (tertiary/aromatic N) is 3. The van der Waals surface area contributed by atoms with Crippen LogP contribution in [0.25, 0.3) is 10.4 Å². The maximum Gasteiger partial charge on any atom is 0.304 e. The molecule has 0 saturated heterocycles. The number of azide groups is 1. The standard InChI is InChI=1S/C16H23N5O4/c1-11(22)25-15(6-4-2-3-5-9-17)19-16(24)13-8-7-12(20-21-18)10-14(13)23/h7-8,10,15,23H,2-6,9,17H2,1H3,(H,19,24). The first-order chi connectivity index (χ1) is 12.0. The summed E-state index contributed by atoms with van der Waals surface area (Å²) in [5, 5.41) is 15.8. The van der Waals surface area contributed by atoms with Gasteiger partial charge in [0.2, 0.25) is 0 Å². The van der Waals surface area contributed by atoms with E-state index in [4.69, 9.17) is 16.0 Å². The summed E-state index contributed by atoms with van der Waals surface area (Å²) in [6, 6.07) is 3.92. The summed E-state index contributed by atoms with van der Waals surface area (Å²) in [7, 11) is 0. The van der Waals surface area contributed by atoms with E-state index in [2.05, 4.69) is 15.3 Å². The van der Waals surface area contributed by atoms with Gasteiger partial charge in [-0.1, -0.05) is 24.0 Å². The van der Waals surface area contributed by atoms with E-state index >= 15 is 0 Å². The molecular weight excluding hydrogens is 326 g/mol. The fourth-order valence-electron chi connectivity index (χ4n) is 2.24. The van der Waals surface area contributed by atoms with Crippen LogP contribution in [0, 0.1) is 0 Å². The highest BCUT2D eigenvalue weighted by molar-refractivity contribution is 5.97. The Balaban J connectivity index is 2.70. The van der Waals surface area contributed by atoms with Gasteiger partial charge in [0.1, 0.15) is 5.75 Å². The molecule has 1 atom stereocenters. The summed E-state index contributed by atoms with van der Waals surface area (Å²) in [5.74, 6) is -1.42. The maximum absolute atomic E-state index is 12.3. The lowest BCUT2D eigenvalue weighted by molar-refractivity contribution is -0.147. The number of esters is 1. The van der Waals surface area contributed by atoms with Gasteiger partial charge in [-0.25, -0.2) is 0 Å². The minimum Gasteiger partial charge on any atom is -0.507 e. The lowest BCUT2D eigenvalue weighted by Gasteiger charge is -2.19. The Labute approximate surface area is 145 Å². The Morgan fingerprint density at radius 3 is 2.68 bits per heavy atom. The number of phenols is 1. The Hall–Kier alpha value is -2.77. The molecule has 0 fully saturated rings. The molecule has 4 N–H and O–H groups in total. The molecule has 9 heteroatoms. The van der Waals surface area contributed by atoms with Crippen molar-refractivity contribution < 1.29 is 19.4 Å². The third-order valence-electron chi connectivity index (χ3n) is 3.41. The van der Waals surface area contributed by atoms with E-state index in [-0.39, 0.29) is 17.0 Å². The summed E-state index contributed by atoms with van der Waals surface area (Å²) in [4.78, 5) is 26.1. The van der Waals surface area contributed by atoms with Crippen LogP contribution in [0.5, 0.6) is 5.75 Å². The molecule has 136 valence electrons. The van der Waals surface area contributed by atoms with Gasteiger partial charge in [0, 0.05) is 23.9 Å². The molecule has 0 bridgehead atoms. The zero-order chi connectivity index (χ0) is 18.7. The molecule has 0 saturated carbocycles. The molecule has 1 unspecified atom stereocenters. The molecule has 0 heterocycles. The van der Waals surface area contributed by atoms with E-state index in [1.54, 1.807) is 0 Å². The molecule has 0 aliphatic rings. The number of ether oxygens (including phenoxy) is 1. The number of nitrogens with two attached hydrogens (primary N) is 1. The van der Waals surface area contributed by atoms with E-state index < -0.39 is 18.1 Å². The van der Waals surface area contributed by atoms with Crippen LogP contribution in [-0.4, -0.2) is 29.8 Å². The van der Waals surface area contributed by atoms with Gasteiger partial charge < -0.3 is 20.9 Å². The van der Waals surface area contributed by atoms with Crippen LogP contribution in [0.1, 0.15) is 49.4 Å². The van der Waals surface area contributed by atoms with Crippen molar-refractivity contribution in [1.82, 2.24) is 5.32 Å². The van der Waals surface area contributed by atoms with Crippen LogP contribution in [0.2, 0.25) is 0 Å². The molecule has 1 aromatic rings. The van der Waals surface area contributed by atoms with Crippen molar-refractivity contribution >= 4 is 17.6 Å². The lowest BCUT2D eigenvalue weighted by Crippen LogP contribution is -2.38. The Morgan fingerprint density at radius 1 is 1.36 bits per heavy atom. The molecule has 1 rings (SSSR count). The number of nitrogens with one attached hydrogen (secondary N) is 1. The molecule has 1 aromatic carbocycles. The number of amides is 1. The minimum atomic E-state index is -0.779. The van der Waals surface area contributed by atoms with E-state index in [1.165, 1.54) is 25.1 Å². The molecule has 0 aliphatic carbocycles. The molecule has 0 radical (unpaired) electrons. The summed E-state index contributed by atoms with van der Waals surface area (Å²) < 4.78 is 5.11. The van der Waals surface area contributed by atoms with Crippen LogP contribution in [0.15, 0.2) is 23.3 Å². The number of benzene rings is 1. The van der Waals surface area contributed by atoms with Crippen LogP contribution >= 0.6 is 0 Å². The van der Waals surface area contributed by atoms with Gasteiger partial charge in [-0.2, -0.15) is 0 Å². The topological polar surface area (TPSA) is 150 Å². The predicted molar refractivity (Wildman–Crippen MR) is 92.1 cm³/mol. The molecule has 1 amide bonds. The number of hydrogen-bond donors (Lipinski definition) is 3. The molecular formula is C16H23N5O4. The second-order valence-electron chi connectivity index (χ2n) is 5.45. The van der Waals surface area contributed by atoms with E-state index in [0.717, 1.165) is 25.7 Å². The number of aromatic hydroxyl groups is 1. The number of unbranched alkanes of at least 4 members (excludes halogenated alkanes) is 3.